The summed E-state index contributed by atoms with van der Waals surface area (Å²) in [7, 11) is 1.48. The van der Waals surface area contributed by atoms with E-state index in [-0.39, 0.29) is 24.6 Å². The molecule has 4 rings (SSSR count). The van der Waals surface area contributed by atoms with Crippen LogP contribution in [0.25, 0.3) is 0 Å². The lowest BCUT2D eigenvalue weighted by Gasteiger charge is -2.13. The van der Waals surface area contributed by atoms with Crippen LogP contribution in [0.15, 0.2) is 75.5 Å². The first-order chi connectivity index (χ1) is 18.2. The number of aromatic amines is 1. The van der Waals surface area contributed by atoms with E-state index in [1.165, 1.54) is 31.0 Å². The van der Waals surface area contributed by atoms with E-state index >= 15 is 0 Å². The highest BCUT2D eigenvalue weighted by Crippen LogP contribution is 2.23. The summed E-state index contributed by atoms with van der Waals surface area (Å²) in [6, 6.07) is 14.9. The minimum atomic E-state index is -1.13. The van der Waals surface area contributed by atoms with Crippen molar-refractivity contribution >= 4 is 23.3 Å². The molecular formula is C25H23ClN6O6. The zero-order valence-electron chi connectivity index (χ0n) is 20.4. The number of aromatic nitrogens is 5. The van der Waals surface area contributed by atoms with Crippen LogP contribution in [-0.4, -0.2) is 42.3 Å². The fourth-order valence-electron chi connectivity index (χ4n) is 3.39. The van der Waals surface area contributed by atoms with Gasteiger partial charge in [-0.1, -0.05) is 30.7 Å². The molecule has 2 aromatic heterocycles. The van der Waals surface area contributed by atoms with Gasteiger partial charge in [0, 0.05) is 11.6 Å². The maximum Gasteiger partial charge on any atom is 0.335 e. The molecule has 13 heteroatoms. The highest BCUT2D eigenvalue weighted by molar-refractivity contribution is 6.30. The van der Waals surface area contributed by atoms with Gasteiger partial charge in [0.2, 0.25) is 17.4 Å². The van der Waals surface area contributed by atoms with Gasteiger partial charge in [-0.2, -0.15) is 0 Å². The van der Waals surface area contributed by atoms with Crippen LogP contribution in [0.3, 0.4) is 0 Å². The summed E-state index contributed by atoms with van der Waals surface area (Å²) in [4.78, 5) is 52.4. The summed E-state index contributed by atoms with van der Waals surface area (Å²) in [5.41, 5.74) is -0.334. The molecule has 196 valence electrons. The van der Waals surface area contributed by atoms with Gasteiger partial charge < -0.3 is 14.6 Å². The number of methoxy groups -OCH3 is 1. The minimum absolute atomic E-state index is 0.0108. The summed E-state index contributed by atoms with van der Waals surface area (Å²) in [6.07, 6.45) is 1.31. The van der Waals surface area contributed by atoms with Gasteiger partial charge in [-0.15, -0.1) is 0 Å². The molecule has 12 nitrogen and oxygen atoms in total. The first kappa shape index (κ1) is 26.4. The van der Waals surface area contributed by atoms with Crippen LogP contribution in [0.2, 0.25) is 5.02 Å². The number of nitrogens with one attached hydrogen (secondary N) is 1. The van der Waals surface area contributed by atoms with Crippen LogP contribution in [-0.2, 0) is 17.9 Å². The first-order valence-electron chi connectivity index (χ1n) is 11.3. The van der Waals surface area contributed by atoms with Crippen molar-refractivity contribution in [3.8, 4) is 17.5 Å². The molecule has 0 bridgehead atoms. The lowest BCUT2D eigenvalue weighted by Crippen LogP contribution is -2.51. The number of nitrogens with zero attached hydrogens (tertiary/aromatic N) is 5. The molecule has 2 heterocycles. The van der Waals surface area contributed by atoms with Gasteiger partial charge >= 0.3 is 17.3 Å². The summed E-state index contributed by atoms with van der Waals surface area (Å²) in [6.45, 7) is 1.17. The first-order valence-corrected chi connectivity index (χ1v) is 11.7. The Morgan fingerprint density at radius 2 is 1.76 bits per heavy atom. The van der Waals surface area contributed by atoms with E-state index in [4.69, 9.17) is 21.1 Å². The number of aliphatic carboxylic acids is 1. The summed E-state index contributed by atoms with van der Waals surface area (Å²) < 4.78 is 12.9. The third kappa shape index (κ3) is 6.34. The number of hydrogen-bond donors (Lipinski definition) is 2. The van der Waals surface area contributed by atoms with Crippen LogP contribution in [0.5, 0.6) is 17.5 Å². The number of carboxylic acids is 1. The van der Waals surface area contributed by atoms with Gasteiger partial charge in [-0.05, 0) is 42.0 Å². The van der Waals surface area contributed by atoms with Crippen LogP contribution in [0.4, 0.5) is 5.69 Å². The van der Waals surface area contributed by atoms with E-state index in [0.29, 0.717) is 22.3 Å². The Labute approximate surface area is 220 Å². The topological polar surface area (TPSA) is 154 Å². The Kier molecular flexibility index (Phi) is 8.02. The summed E-state index contributed by atoms with van der Waals surface area (Å²) >= 11 is 5.98. The minimum Gasteiger partial charge on any atom is -0.481 e. The highest BCUT2D eigenvalue weighted by Gasteiger charge is 2.17. The van der Waals surface area contributed by atoms with Crippen molar-refractivity contribution in [2.75, 3.05) is 7.11 Å². The van der Waals surface area contributed by atoms with Crippen molar-refractivity contribution < 1.29 is 19.4 Å². The van der Waals surface area contributed by atoms with Crippen molar-refractivity contribution in [2.45, 2.75) is 20.0 Å². The Hall–Kier alpha value is -4.71. The van der Waals surface area contributed by atoms with Crippen LogP contribution in [0, 0.1) is 5.92 Å². The monoisotopic (exact) mass is 538 g/mol. The fourth-order valence-corrected chi connectivity index (χ4v) is 3.52. The van der Waals surface area contributed by atoms with E-state index in [1.807, 2.05) is 0 Å². The van der Waals surface area contributed by atoms with E-state index in [1.54, 1.807) is 48.5 Å². The van der Waals surface area contributed by atoms with E-state index in [0.717, 1.165) is 10.1 Å². The third-order valence-electron chi connectivity index (χ3n) is 5.43. The molecule has 0 saturated heterocycles. The molecule has 2 aromatic carbocycles. The lowest BCUT2D eigenvalue weighted by molar-refractivity contribution is -0.141. The second-order valence-corrected chi connectivity index (χ2v) is 8.64. The average Bonchev–Trinajstić information content (AvgIpc) is 2.91. The molecule has 38 heavy (non-hydrogen) atoms. The van der Waals surface area contributed by atoms with Gasteiger partial charge in [-0.3, -0.25) is 14.3 Å². The number of halogens is 1. The van der Waals surface area contributed by atoms with Crippen molar-refractivity contribution in [1.29, 1.82) is 0 Å². The quantitative estimate of drug-likeness (QED) is 0.329. The molecule has 0 fully saturated rings. The molecule has 0 unspecified atom stereocenters. The molecule has 0 aliphatic carbocycles. The van der Waals surface area contributed by atoms with Gasteiger partial charge in [-0.25, -0.2) is 29.1 Å². The molecule has 4 aromatic rings. The van der Waals surface area contributed by atoms with Crippen molar-refractivity contribution in [1.82, 2.24) is 24.1 Å². The predicted octanol–water partition coefficient (Wildman–Crippen LogP) is 2.58. The normalized spacial score (nSPS) is 12.2. The predicted molar refractivity (Wildman–Crippen MR) is 137 cm³/mol. The smallest absolute Gasteiger partial charge is 0.335 e. The fraction of sp³-hybridized carbons (Fsp3) is 0.200. The van der Waals surface area contributed by atoms with Crippen molar-refractivity contribution in [3.05, 3.63) is 98.1 Å². The summed E-state index contributed by atoms with van der Waals surface area (Å²) in [5.74, 6) is -0.987. The molecule has 2 N–H and O–H groups in total. The van der Waals surface area contributed by atoms with Gasteiger partial charge in [0.15, 0.2) is 0 Å². The van der Waals surface area contributed by atoms with Gasteiger partial charge in [0.25, 0.3) is 0 Å². The molecule has 0 radical (unpaired) electrons. The Bertz CT molecular complexity index is 1630. The van der Waals surface area contributed by atoms with E-state index in [2.05, 4.69) is 19.9 Å². The highest BCUT2D eigenvalue weighted by atomic mass is 35.5. The number of carboxylic acid groups (broad SMARTS) is 1. The zero-order valence-corrected chi connectivity index (χ0v) is 21.1. The molecule has 1 atom stereocenters. The number of carbonyl (C=O) groups is 1. The lowest BCUT2D eigenvalue weighted by atomic mass is 10.2. The molecule has 0 amide bonds. The Balaban J connectivity index is 1.72. The molecular weight excluding hydrogens is 516 g/mol. The molecule has 0 spiro atoms. The number of hydrogen-bond acceptors (Lipinski definition) is 8. The maximum absolute atomic E-state index is 13.3. The van der Waals surface area contributed by atoms with Crippen LogP contribution in [0.1, 0.15) is 12.5 Å². The average molecular weight is 539 g/mol. The van der Waals surface area contributed by atoms with Crippen LogP contribution >= 0.6 is 11.6 Å². The Morgan fingerprint density at radius 3 is 2.42 bits per heavy atom. The maximum atomic E-state index is 13.3. The second-order valence-electron chi connectivity index (χ2n) is 8.21. The van der Waals surface area contributed by atoms with E-state index in [9.17, 15) is 19.5 Å². The molecule has 0 aliphatic heterocycles. The molecule has 0 saturated carbocycles. The largest absolute Gasteiger partial charge is 0.481 e. The van der Waals surface area contributed by atoms with E-state index < -0.39 is 23.3 Å². The zero-order chi connectivity index (χ0) is 27.2. The standard InChI is InChI=1S/C25H23ClN6O6/c1-15(22(33)34)12-32-24(35)30-23(31(25(32)36)13-16-3-5-17(26)6-4-16)29-18-7-9-19(10-8-18)38-21-11-20(37-2)27-14-28-21/h3-11,14-15H,12-13H2,1-2H3,(H,33,34)(H,29,30,35)/t15-/m0/s1. The number of rotatable bonds is 9. The third-order valence-corrected chi connectivity index (χ3v) is 5.69. The van der Waals surface area contributed by atoms with Gasteiger partial charge in [0.1, 0.15) is 12.1 Å². The van der Waals surface area contributed by atoms with Crippen LogP contribution < -0.4 is 26.5 Å². The Morgan fingerprint density at radius 1 is 1.08 bits per heavy atom. The number of benzene rings is 2. The number of H-pyrrole nitrogens is 1. The van der Waals surface area contributed by atoms with Crippen molar-refractivity contribution in [3.63, 3.8) is 0 Å². The summed E-state index contributed by atoms with van der Waals surface area (Å²) in [5, 5.41) is 9.79. The van der Waals surface area contributed by atoms with Crippen molar-refractivity contribution in [2.24, 2.45) is 10.9 Å². The second kappa shape index (κ2) is 11.6. The number of ether oxygens (including phenoxy) is 2. The van der Waals surface area contributed by atoms with Gasteiger partial charge in [0.05, 0.1) is 31.3 Å². The molecule has 0 aliphatic rings. The SMILES string of the molecule is COc1cc(Oc2ccc(/N=c3\[nH]c(=O)n(C[C@H](C)C(=O)O)c(=O)n3Cc3ccc(Cl)cc3)cc2)ncn1.